The third-order valence-electron chi connectivity index (χ3n) is 3.15. The van der Waals surface area contributed by atoms with Crippen LogP contribution in [0.15, 0.2) is 53.4 Å². The van der Waals surface area contributed by atoms with Crippen molar-refractivity contribution in [3.8, 4) is 5.75 Å². The number of halogens is 1. The Labute approximate surface area is 127 Å². The molecule has 1 fully saturated rings. The minimum Gasteiger partial charge on any atom is -0.490 e. The molecule has 1 aliphatic carbocycles. The van der Waals surface area contributed by atoms with Crippen LogP contribution in [-0.4, -0.2) is 17.6 Å². The van der Waals surface area contributed by atoms with Crippen molar-refractivity contribution in [2.75, 3.05) is 5.75 Å². The summed E-state index contributed by atoms with van der Waals surface area (Å²) in [5.41, 5.74) is 0.636. The van der Waals surface area contributed by atoms with Gasteiger partial charge in [-0.2, -0.15) is 0 Å². The van der Waals surface area contributed by atoms with Crippen molar-refractivity contribution < 1.29 is 13.9 Å². The molecule has 0 N–H and O–H groups in total. The molecule has 0 aromatic heterocycles. The number of thioether (sulfide) groups is 1. The Morgan fingerprint density at radius 3 is 2.76 bits per heavy atom. The molecule has 2 aromatic carbocycles. The normalized spacial score (nSPS) is 14.0. The molecule has 21 heavy (non-hydrogen) atoms. The molecule has 2 nitrogen and oxygen atoms in total. The molecule has 1 saturated carbocycles. The zero-order valence-electron chi connectivity index (χ0n) is 11.4. The van der Waals surface area contributed by atoms with Crippen LogP contribution in [0.25, 0.3) is 0 Å². The van der Waals surface area contributed by atoms with Gasteiger partial charge in [-0.3, -0.25) is 4.79 Å². The summed E-state index contributed by atoms with van der Waals surface area (Å²) in [5.74, 6) is 0.771. The maximum absolute atomic E-state index is 13.1. The molecule has 4 heteroatoms. The van der Waals surface area contributed by atoms with E-state index >= 15 is 0 Å². The van der Waals surface area contributed by atoms with Crippen LogP contribution in [0.2, 0.25) is 0 Å². The van der Waals surface area contributed by atoms with Gasteiger partial charge in [-0.25, -0.2) is 4.39 Å². The van der Waals surface area contributed by atoms with Gasteiger partial charge in [0.05, 0.1) is 11.9 Å². The van der Waals surface area contributed by atoms with E-state index in [4.69, 9.17) is 4.74 Å². The second-order valence-corrected chi connectivity index (χ2v) is 6.06. The molecule has 0 radical (unpaired) electrons. The number of carbonyl (C=O) groups is 1. The smallest absolute Gasteiger partial charge is 0.173 e. The first-order valence-electron chi connectivity index (χ1n) is 6.89. The Balaban J connectivity index is 1.61. The van der Waals surface area contributed by atoms with Gasteiger partial charge in [0, 0.05) is 10.5 Å². The number of rotatable bonds is 6. The van der Waals surface area contributed by atoms with Crippen LogP contribution in [0, 0.1) is 5.82 Å². The third-order valence-corrected chi connectivity index (χ3v) is 4.14. The number of hydrogen-bond donors (Lipinski definition) is 0. The average Bonchev–Trinajstić information content (AvgIpc) is 3.29. The molecule has 0 aliphatic heterocycles. The summed E-state index contributed by atoms with van der Waals surface area (Å²) in [4.78, 5) is 12.9. The number of ketones is 1. The van der Waals surface area contributed by atoms with E-state index in [0.29, 0.717) is 11.7 Å². The summed E-state index contributed by atoms with van der Waals surface area (Å²) >= 11 is 1.34. The molecule has 2 aromatic rings. The van der Waals surface area contributed by atoms with Crippen molar-refractivity contribution >= 4 is 17.5 Å². The first-order valence-corrected chi connectivity index (χ1v) is 7.87. The molecular formula is C17H15FO2S. The van der Waals surface area contributed by atoms with Crippen molar-refractivity contribution in [2.24, 2.45) is 0 Å². The Morgan fingerprint density at radius 1 is 1.19 bits per heavy atom. The highest BCUT2D eigenvalue weighted by Gasteiger charge is 2.23. The number of benzene rings is 2. The summed E-state index contributed by atoms with van der Waals surface area (Å²) in [6.45, 7) is 0. The molecule has 108 valence electrons. The Morgan fingerprint density at radius 2 is 2.00 bits per heavy atom. The number of ether oxygens (including phenoxy) is 1. The van der Waals surface area contributed by atoms with Crippen molar-refractivity contribution in [3.05, 3.63) is 59.9 Å². The fraction of sp³-hybridized carbons (Fsp3) is 0.235. The Kier molecular flexibility index (Phi) is 4.25. The monoisotopic (exact) mass is 302 g/mol. The highest BCUT2D eigenvalue weighted by Crippen LogP contribution is 2.27. The first kappa shape index (κ1) is 14.1. The lowest BCUT2D eigenvalue weighted by molar-refractivity contribution is 0.102. The van der Waals surface area contributed by atoms with E-state index in [1.54, 1.807) is 24.3 Å². The molecule has 0 unspecified atom stereocenters. The van der Waals surface area contributed by atoms with Crippen LogP contribution in [0.4, 0.5) is 4.39 Å². The number of hydrogen-bond acceptors (Lipinski definition) is 3. The van der Waals surface area contributed by atoms with Crippen LogP contribution >= 0.6 is 11.8 Å². The Hall–Kier alpha value is -1.81. The van der Waals surface area contributed by atoms with Gasteiger partial charge in [0.2, 0.25) is 0 Å². The highest BCUT2D eigenvalue weighted by atomic mass is 32.2. The zero-order chi connectivity index (χ0) is 14.7. The van der Waals surface area contributed by atoms with Gasteiger partial charge < -0.3 is 4.74 Å². The first-order chi connectivity index (χ1) is 10.2. The quantitative estimate of drug-likeness (QED) is 0.586. The van der Waals surface area contributed by atoms with Crippen molar-refractivity contribution in [3.63, 3.8) is 0 Å². The highest BCUT2D eigenvalue weighted by molar-refractivity contribution is 8.00. The minimum atomic E-state index is -0.285. The van der Waals surface area contributed by atoms with Crippen molar-refractivity contribution in [1.82, 2.24) is 0 Å². The van der Waals surface area contributed by atoms with Gasteiger partial charge in [-0.05, 0) is 43.2 Å². The number of Topliss-reactive ketones (excluding diaryl/α,β-unsaturated/α-hetero) is 1. The fourth-order valence-electron chi connectivity index (χ4n) is 1.91. The average molecular weight is 302 g/mol. The van der Waals surface area contributed by atoms with Gasteiger partial charge in [0.15, 0.2) is 5.78 Å². The van der Waals surface area contributed by atoms with Crippen LogP contribution in [0.1, 0.15) is 23.2 Å². The molecule has 0 amide bonds. The predicted octanol–water partition coefficient (Wildman–Crippen LogP) is 4.34. The Bertz CT molecular complexity index is 653. The van der Waals surface area contributed by atoms with Crippen molar-refractivity contribution in [2.45, 2.75) is 23.8 Å². The van der Waals surface area contributed by atoms with Gasteiger partial charge in [0.25, 0.3) is 0 Å². The molecule has 3 rings (SSSR count). The van der Waals surface area contributed by atoms with Crippen LogP contribution in [-0.2, 0) is 0 Å². The van der Waals surface area contributed by atoms with E-state index in [2.05, 4.69) is 0 Å². The molecule has 0 saturated heterocycles. The topological polar surface area (TPSA) is 26.3 Å². The van der Waals surface area contributed by atoms with Crippen LogP contribution in [0.3, 0.4) is 0 Å². The molecule has 1 aliphatic rings. The molecular weight excluding hydrogens is 287 g/mol. The van der Waals surface area contributed by atoms with Crippen molar-refractivity contribution in [1.29, 1.82) is 0 Å². The summed E-state index contributed by atoms with van der Waals surface area (Å²) < 4.78 is 18.8. The summed E-state index contributed by atoms with van der Waals surface area (Å²) in [7, 11) is 0. The van der Waals surface area contributed by atoms with E-state index in [1.165, 1.54) is 23.9 Å². The van der Waals surface area contributed by atoms with Gasteiger partial charge in [0.1, 0.15) is 11.6 Å². The van der Waals surface area contributed by atoms with Crippen LogP contribution < -0.4 is 4.74 Å². The summed E-state index contributed by atoms with van der Waals surface area (Å²) in [6, 6.07) is 13.5. The maximum Gasteiger partial charge on any atom is 0.173 e. The third kappa shape index (κ3) is 4.08. The standard InChI is InChI=1S/C17H15FO2S/c18-13-4-2-6-16(10-13)21-11-17(19)12-3-1-5-15(9-12)20-14-7-8-14/h1-6,9-10,14H,7-8,11H2. The van der Waals surface area contributed by atoms with Crippen LogP contribution in [0.5, 0.6) is 5.75 Å². The van der Waals surface area contributed by atoms with E-state index in [9.17, 15) is 9.18 Å². The maximum atomic E-state index is 13.1. The molecule has 0 spiro atoms. The van der Waals surface area contributed by atoms with Gasteiger partial charge in [-0.1, -0.05) is 18.2 Å². The second-order valence-electron chi connectivity index (χ2n) is 5.01. The van der Waals surface area contributed by atoms with E-state index in [-0.39, 0.29) is 17.4 Å². The number of carbonyl (C=O) groups excluding carboxylic acids is 1. The second kappa shape index (κ2) is 6.31. The zero-order valence-corrected chi connectivity index (χ0v) is 12.2. The van der Waals surface area contributed by atoms with E-state index < -0.39 is 0 Å². The molecule has 0 heterocycles. The molecule has 0 bridgehead atoms. The lowest BCUT2D eigenvalue weighted by Gasteiger charge is -2.06. The lowest BCUT2D eigenvalue weighted by Crippen LogP contribution is -2.03. The minimum absolute atomic E-state index is 0.0190. The fourth-order valence-corrected chi connectivity index (χ4v) is 2.75. The van der Waals surface area contributed by atoms with Gasteiger partial charge in [-0.15, -0.1) is 11.8 Å². The van der Waals surface area contributed by atoms with Gasteiger partial charge >= 0.3 is 0 Å². The lowest BCUT2D eigenvalue weighted by atomic mass is 10.1. The van der Waals surface area contributed by atoms with E-state index in [1.807, 2.05) is 12.1 Å². The summed E-state index contributed by atoms with van der Waals surface area (Å²) in [6.07, 6.45) is 2.50. The molecule has 0 atom stereocenters. The predicted molar refractivity (Wildman–Crippen MR) is 81.5 cm³/mol. The SMILES string of the molecule is O=C(CSc1cccc(F)c1)c1cccc(OC2CC2)c1. The summed E-state index contributed by atoms with van der Waals surface area (Å²) in [5, 5.41) is 0. The largest absolute Gasteiger partial charge is 0.490 e. The van der Waals surface area contributed by atoms with E-state index in [0.717, 1.165) is 23.5 Å².